The van der Waals surface area contributed by atoms with E-state index in [0.29, 0.717) is 0 Å². The van der Waals surface area contributed by atoms with Crippen LogP contribution in [0.25, 0.3) is 6.08 Å². The van der Waals surface area contributed by atoms with Crippen LogP contribution in [0.2, 0.25) is 0 Å². The third kappa shape index (κ3) is 5.85. The van der Waals surface area contributed by atoms with Crippen molar-refractivity contribution >= 4 is 17.7 Å². The number of nitrogens with zero attached hydrogens (tertiary/aromatic N) is 1. The van der Waals surface area contributed by atoms with E-state index in [2.05, 4.69) is 49.6 Å². The Balaban J connectivity index is 0.000000275. The minimum Gasteiger partial charge on any atom is -0.193 e. The van der Waals surface area contributed by atoms with Gasteiger partial charge in [0.15, 0.2) is 0 Å². The Morgan fingerprint density at radius 3 is 2.38 bits per heavy atom. The fraction of sp³-hybridized carbons (Fsp3) is 0.0714. The van der Waals surface area contributed by atoms with Crippen molar-refractivity contribution in [3.05, 3.63) is 66.2 Å². The van der Waals surface area contributed by atoms with Crippen LogP contribution >= 0.6 is 11.6 Å². The lowest BCUT2D eigenvalue weighted by Crippen LogP contribution is -1.76. The van der Waals surface area contributed by atoms with Crippen LogP contribution < -0.4 is 0 Å². The molecular weight excluding hydrogens is 218 g/mol. The molecule has 0 unspecified atom stereocenters. The smallest absolute Gasteiger partial charge is 0.0905 e. The molecule has 0 fully saturated rings. The normalized spacial score (nSPS) is 9.50. The molecule has 0 saturated heterocycles. The molecule has 1 aliphatic rings. The van der Waals surface area contributed by atoms with Crippen molar-refractivity contribution < 1.29 is 0 Å². The van der Waals surface area contributed by atoms with Gasteiger partial charge < -0.3 is 0 Å². The van der Waals surface area contributed by atoms with Gasteiger partial charge in [0.1, 0.15) is 0 Å². The maximum Gasteiger partial charge on any atom is 0.0905 e. The SMILES string of the molecule is C1=Cc2ccccc2C1.C=CC#N.C=CCl. The number of hydrogen-bond donors (Lipinski definition) is 0. The first-order chi connectivity index (χ1) is 7.79. The van der Waals surface area contributed by atoms with Crippen LogP contribution in [0, 0.1) is 11.3 Å². The summed E-state index contributed by atoms with van der Waals surface area (Å²) in [5.74, 6) is 0. The second kappa shape index (κ2) is 9.76. The highest BCUT2D eigenvalue weighted by molar-refractivity contribution is 6.25. The van der Waals surface area contributed by atoms with Crippen molar-refractivity contribution in [2.75, 3.05) is 0 Å². The molecule has 0 atom stereocenters. The minimum absolute atomic E-state index is 1.12. The summed E-state index contributed by atoms with van der Waals surface area (Å²) in [6.45, 7) is 6.24. The van der Waals surface area contributed by atoms with E-state index in [0.717, 1.165) is 6.42 Å². The van der Waals surface area contributed by atoms with Crippen molar-refractivity contribution in [3.63, 3.8) is 0 Å². The average Bonchev–Trinajstić information content (AvgIpc) is 2.78. The summed E-state index contributed by atoms with van der Waals surface area (Å²) in [6, 6.07) is 10.2. The molecule has 82 valence electrons. The number of rotatable bonds is 0. The van der Waals surface area contributed by atoms with E-state index < -0.39 is 0 Å². The fourth-order valence-electron chi connectivity index (χ4n) is 1.20. The summed E-state index contributed by atoms with van der Waals surface area (Å²) in [5, 5.41) is 7.51. The zero-order valence-corrected chi connectivity index (χ0v) is 9.82. The zero-order valence-electron chi connectivity index (χ0n) is 9.07. The molecular formula is C14H14ClN. The first-order valence-corrected chi connectivity index (χ1v) is 5.19. The number of allylic oxidation sites excluding steroid dienone is 2. The average molecular weight is 232 g/mol. The van der Waals surface area contributed by atoms with E-state index in [-0.39, 0.29) is 0 Å². The van der Waals surface area contributed by atoms with Gasteiger partial charge in [-0.15, -0.1) is 0 Å². The van der Waals surface area contributed by atoms with E-state index in [9.17, 15) is 0 Å². The van der Waals surface area contributed by atoms with Gasteiger partial charge in [-0.05, 0) is 23.1 Å². The number of benzene rings is 1. The summed E-state index contributed by atoms with van der Waals surface area (Å²) < 4.78 is 0. The number of nitriles is 1. The first kappa shape index (κ1) is 14.2. The van der Waals surface area contributed by atoms with Crippen molar-refractivity contribution in [1.82, 2.24) is 0 Å². The Morgan fingerprint density at radius 2 is 1.88 bits per heavy atom. The summed E-state index contributed by atoms with van der Waals surface area (Å²) >= 11 is 4.76. The first-order valence-electron chi connectivity index (χ1n) is 4.76. The van der Waals surface area contributed by atoms with E-state index >= 15 is 0 Å². The molecule has 0 saturated carbocycles. The van der Waals surface area contributed by atoms with E-state index in [1.54, 1.807) is 6.07 Å². The van der Waals surface area contributed by atoms with Gasteiger partial charge in [-0.2, -0.15) is 5.26 Å². The van der Waals surface area contributed by atoms with Crippen molar-refractivity contribution in [1.29, 1.82) is 5.26 Å². The van der Waals surface area contributed by atoms with Crippen LogP contribution in [0.1, 0.15) is 11.1 Å². The predicted octanol–water partition coefficient (Wildman–Crippen LogP) is 4.32. The number of halogens is 1. The molecule has 0 aromatic heterocycles. The Kier molecular flexibility index (Phi) is 8.68. The summed E-state index contributed by atoms with van der Waals surface area (Å²) in [7, 11) is 0. The van der Waals surface area contributed by atoms with Crippen molar-refractivity contribution in [2.24, 2.45) is 0 Å². The topological polar surface area (TPSA) is 23.8 Å². The quantitative estimate of drug-likeness (QED) is 0.610. The van der Waals surface area contributed by atoms with Crippen molar-refractivity contribution in [3.8, 4) is 6.07 Å². The van der Waals surface area contributed by atoms with Gasteiger partial charge in [0.25, 0.3) is 0 Å². The third-order valence-electron chi connectivity index (χ3n) is 1.78. The Morgan fingerprint density at radius 1 is 1.31 bits per heavy atom. The Bertz CT molecular complexity index is 399. The molecule has 1 aromatic rings. The molecule has 1 aliphatic carbocycles. The molecule has 1 nitrogen and oxygen atoms in total. The second-order valence-corrected chi connectivity index (χ2v) is 3.10. The molecule has 0 aliphatic heterocycles. The fourth-order valence-corrected chi connectivity index (χ4v) is 1.20. The monoisotopic (exact) mass is 231 g/mol. The van der Waals surface area contributed by atoms with Crippen LogP contribution in [0.3, 0.4) is 0 Å². The lowest BCUT2D eigenvalue weighted by molar-refractivity contribution is 1.31. The Labute approximate surface area is 102 Å². The summed E-state index contributed by atoms with van der Waals surface area (Å²) in [4.78, 5) is 0. The maximum atomic E-state index is 7.51. The maximum absolute atomic E-state index is 7.51. The molecule has 2 heteroatoms. The van der Waals surface area contributed by atoms with Gasteiger partial charge in [0, 0.05) is 6.08 Å². The molecule has 0 bridgehead atoms. The molecule has 1 aromatic carbocycles. The van der Waals surface area contributed by atoms with E-state index in [4.69, 9.17) is 16.9 Å². The third-order valence-corrected chi connectivity index (χ3v) is 1.78. The lowest BCUT2D eigenvalue weighted by atomic mass is 10.1. The van der Waals surface area contributed by atoms with Gasteiger partial charge in [-0.25, -0.2) is 0 Å². The molecule has 2 rings (SSSR count). The summed E-state index contributed by atoms with van der Waals surface area (Å²) in [5.41, 5.74) is 4.06. The molecule has 0 amide bonds. The number of hydrogen-bond acceptors (Lipinski definition) is 1. The molecule has 0 spiro atoms. The second-order valence-electron chi connectivity index (χ2n) is 2.79. The van der Waals surface area contributed by atoms with Crippen LogP contribution in [-0.4, -0.2) is 0 Å². The molecule has 16 heavy (non-hydrogen) atoms. The number of fused-ring (bicyclic) bond motifs is 1. The predicted molar refractivity (Wildman–Crippen MR) is 71.0 cm³/mol. The molecule has 0 heterocycles. The van der Waals surface area contributed by atoms with Crippen LogP contribution in [0.15, 0.2) is 55.1 Å². The zero-order chi connectivity index (χ0) is 12.2. The van der Waals surface area contributed by atoms with Crippen LogP contribution in [-0.2, 0) is 6.42 Å². The highest BCUT2D eigenvalue weighted by Gasteiger charge is 2.00. The van der Waals surface area contributed by atoms with Gasteiger partial charge >= 0.3 is 0 Å². The minimum atomic E-state index is 1.12. The molecule has 0 N–H and O–H groups in total. The highest BCUT2D eigenvalue weighted by Crippen LogP contribution is 2.17. The largest absolute Gasteiger partial charge is 0.193 e. The van der Waals surface area contributed by atoms with Crippen LogP contribution in [0.4, 0.5) is 0 Å². The van der Waals surface area contributed by atoms with Crippen molar-refractivity contribution in [2.45, 2.75) is 6.42 Å². The van der Waals surface area contributed by atoms with Gasteiger partial charge in [-0.1, -0.05) is 61.2 Å². The highest BCUT2D eigenvalue weighted by atomic mass is 35.5. The van der Waals surface area contributed by atoms with E-state index in [1.807, 2.05) is 0 Å². The van der Waals surface area contributed by atoms with Crippen LogP contribution in [0.5, 0.6) is 0 Å². The van der Waals surface area contributed by atoms with Gasteiger partial charge in [0.05, 0.1) is 6.07 Å². The van der Waals surface area contributed by atoms with E-state index in [1.165, 1.54) is 22.7 Å². The Hall–Kier alpha value is -1.78. The summed E-state index contributed by atoms with van der Waals surface area (Å²) in [6.07, 6.45) is 6.68. The van der Waals surface area contributed by atoms with Gasteiger partial charge in [-0.3, -0.25) is 0 Å². The van der Waals surface area contributed by atoms with Gasteiger partial charge in [0.2, 0.25) is 0 Å². The standard InChI is InChI=1S/C9H8.C3H3N.C2H3Cl/c1-2-5-9-7-3-6-8(9)4-1;1-2-3-4;1-2-3/h1-6H,7H2;2H,1H2;2H,1H2. The molecule has 0 radical (unpaired) electrons. The lowest BCUT2D eigenvalue weighted by Gasteiger charge is -1.93.